The van der Waals surface area contributed by atoms with Crippen LogP contribution in [0.2, 0.25) is 10.0 Å². The summed E-state index contributed by atoms with van der Waals surface area (Å²) >= 11 is 12.1. The molecule has 1 N–H and O–H groups in total. The number of aliphatic hydroxyl groups excluding tert-OH is 1. The van der Waals surface area contributed by atoms with Crippen LogP contribution in [0, 0.1) is 0 Å². The van der Waals surface area contributed by atoms with Crippen LogP contribution in [-0.2, 0) is 19.4 Å². The van der Waals surface area contributed by atoms with Gasteiger partial charge in [-0.2, -0.15) is 5.10 Å². The molecule has 0 radical (unpaired) electrons. The van der Waals surface area contributed by atoms with Gasteiger partial charge in [-0.3, -0.25) is 4.68 Å². The van der Waals surface area contributed by atoms with E-state index in [0.717, 1.165) is 24.4 Å². The highest BCUT2D eigenvalue weighted by Crippen LogP contribution is 2.31. The van der Waals surface area contributed by atoms with Crippen LogP contribution in [-0.4, -0.2) is 14.9 Å². The molecule has 108 valence electrons. The second-order valence-electron chi connectivity index (χ2n) is 4.66. The minimum Gasteiger partial charge on any atom is -0.388 e. The van der Waals surface area contributed by atoms with Gasteiger partial charge in [-0.25, -0.2) is 0 Å². The molecule has 1 aromatic heterocycles. The zero-order chi connectivity index (χ0) is 14.7. The van der Waals surface area contributed by atoms with Gasteiger partial charge in [0.15, 0.2) is 0 Å². The molecule has 1 unspecified atom stereocenters. The van der Waals surface area contributed by atoms with Crippen LogP contribution >= 0.6 is 23.2 Å². The Balaban J connectivity index is 2.25. The number of hydrogen-bond acceptors (Lipinski definition) is 2. The second kappa shape index (κ2) is 6.61. The van der Waals surface area contributed by atoms with E-state index in [1.54, 1.807) is 18.2 Å². The SMILES string of the molecule is CCc1cc(CC(O)c2cccc(Cl)c2Cl)n(CC)n1. The van der Waals surface area contributed by atoms with E-state index in [1.807, 2.05) is 17.7 Å². The summed E-state index contributed by atoms with van der Waals surface area (Å²) < 4.78 is 1.92. The third-order valence-electron chi connectivity index (χ3n) is 3.32. The third kappa shape index (κ3) is 3.17. The molecule has 0 aliphatic heterocycles. The fraction of sp³-hybridized carbons (Fsp3) is 0.400. The summed E-state index contributed by atoms with van der Waals surface area (Å²) in [5.74, 6) is 0. The predicted molar refractivity (Wildman–Crippen MR) is 82.4 cm³/mol. The fourth-order valence-electron chi connectivity index (χ4n) is 2.21. The minimum atomic E-state index is -0.687. The average molecular weight is 313 g/mol. The number of aliphatic hydroxyl groups is 1. The van der Waals surface area contributed by atoms with Gasteiger partial charge < -0.3 is 5.11 Å². The summed E-state index contributed by atoms with van der Waals surface area (Å²) in [5, 5.41) is 15.8. The lowest BCUT2D eigenvalue weighted by molar-refractivity contribution is 0.175. The summed E-state index contributed by atoms with van der Waals surface area (Å²) in [7, 11) is 0. The maximum atomic E-state index is 10.4. The summed E-state index contributed by atoms with van der Waals surface area (Å²) in [6.07, 6.45) is 0.669. The maximum absolute atomic E-state index is 10.4. The van der Waals surface area contributed by atoms with E-state index >= 15 is 0 Å². The fourth-order valence-corrected chi connectivity index (χ4v) is 2.65. The van der Waals surface area contributed by atoms with Crippen molar-refractivity contribution in [3.8, 4) is 0 Å². The van der Waals surface area contributed by atoms with Crippen molar-refractivity contribution < 1.29 is 5.11 Å². The summed E-state index contributed by atoms with van der Waals surface area (Å²) in [5.41, 5.74) is 2.69. The van der Waals surface area contributed by atoms with Crippen molar-refractivity contribution in [1.29, 1.82) is 0 Å². The van der Waals surface area contributed by atoms with Gasteiger partial charge in [0.25, 0.3) is 0 Å². The van der Waals surface area contributed by atoms with Crippen molar-refractivity contribution in [1.82, 2.24) is 9.78 Å². The first kappa shape index (κ1) is 15.4. The normalized spacial score (nSPS) is 12.7. The Bertz CT molecular complexity index is 596. The predicted octanol–water partition coefficient (Wildman–Crippen LogP) is 4.05. The number of aromatic nitrogens is 2. The van der Waals surface area contributed by atoms with E-state index in [1.165, 1.54) is 0 Å². The van der Waals surface area contributed by atoms with Gasteiger partial charge in [-0.15, -0.1) is 0 Å². The molecule has 1 aromatic carbocycles. The molecule has 20 heavy (non-hydrogen) atoms. The molecule has 2 aromatic rings. The topological polar surface area (TPSA) is 38.0 Å². The monoisotopic (exact) mass is 312 g/mol. The highest BCUT2D eigenvalue weighted by molar-refractivity contribution is 6.42. The van der Waals surface area contributed by atoms with Gasteiger partial charge in [0.2, 0.25) is 0 Å². The van der Waals surface area contributed by atoms with E-state index in [-0.39, 0.29) is 0 Å². The Hall–Kier alpha value is -1.03. The first-order valence-electron chi connectivity index (χ1n) is 6.74. The molecule has 0 aliphatic rings. The molecule has 0 saturated carbocycles. The highest BCUT2D eigenvalue weighted by Gasteiger charge is 2.17. The van der Waals surface area contributed by atoms with Crippen molar-refractivity contribution in [2.75, 3.05) is 0 Å². The molecule has 0 bridgehead atoms. The van der Waals surface area contributed by atoms with E-state index in [4.69, 9.17) is 23.2 Å². The lowest BCUT2D eigenvalue weighted by atomic mass is 10.0. The van der Waals surface area contributed by atoms with Crippen LogP contribution in [0.5, 0.6) is 0 Å². The standard InChI is InChI=1S/C15H18Cl2N2O/c1-3-10-8-11(19(4-2)18-10)9-14(20)12-6-5-7-13(16)15(12)17/h5-8,14,20H,3-4,9H2,1-2H3. The molecule has 0 fully saturated rings. The van der Waals surface area contributed by atoms with Gasteiger partial charge >= 0.3 is 0 Å². The zero-order valence-corrected chi connectivity index (χ0v) is 13.1. The van der Waals surface area contributed by atoms with Gasteiger partial charge in [0, 0.05) is 24.2 Å². The number of rotatable bonds is 5. The van der Waals surface area contributed by atoms with Gasteiger partial charge in [0.1, 0.15) is 0 Å². The van der Waals surface area contributed by atoms with E-state index in [2.05, 4.69) is 12.0 Å². The number of nitrogens with zero attached hydrogens (tertiary/aromatic N) is 2. The van der Waals surface area contributed by atoms with E-state index in [0.29, 0.717) is 22.0 Å². The molecule has 2 rings (SSSR count). The molecule has 0 amide bonds. The summed E-state index contributed by atoms with van der Waals surface area (Å²) in [6.45, 7) is 4.89. The molecular weight excluding hydrogens is 295 g/mol. The number of hydrogen-bond donors (Lipinski definition) is 1. The minimum absolute atomic E-state index is 0.417. The van der Waals surface area contributed by atoms with Crippen LogP contribution in [0.15, 0.2) is 24.3 Å². The second-order valence-corrected chi connectivity index (χ2v) is 5.44. The van der Waals surface area contributed by atoms with Crippen molar-refractivity contribution in [3.63, 3.8) is 0 Å². The quantitative estimate of drug-likeness (QED) is 0.904. The van der Waals surface area contributed by atoms with Gasteiger partial charge in [0.05, 0.1) is 21.8 Å². The van der Waals surface area contributed by atoms with Crippen molar-refractivity contribution >= 4 is 23.2 Å². The number of benzene rings is 1. The van der Waals surface area contributed by atoms with Crippen LogP contribution in [0.4, 0.5) is 0 Å². The van der Waals surface area contributed by atoms with Gasteiger partial charge in [-0.05, 0) is 25.5 Å². The first-order chi connectivity index (χ1) is 9.56. The average Bonchev–Trinajstić information content (AvgIpc) is 2.84. The van der Waals surface area contributed by atoms with Crippen molar-refractivity contribution in [2.45, 2.75) is 39.3 Å². The van der Waals surface area contributed by atoms with Crippen LogP contribution < -0.4 is 0 Å². The van der Waals surface area contributed by atoms with E-state index in [9.17, 15) is 5.11 Å². The largest absolute Gasteiger partial charge is 0.388 e. The summed E-state index contributed by atoms with van der Waals surface area (Å²) in [4.78, 5) is 0. The maximum Gasteiger partial charge on any atom is 0.0860 e. The lowest BCUT2D eigenvalue weighted by Gasteiger charge is -2.14. The Morgan fingerprint density at radius 1 is 1.30 bits per heavy atom. The highest BCUT2D eigenvalue weighted by atomic mass is 35.5. The molecule has 1 heterocycles. The first-order valence-corrected chi connectivity index (χ1v) is 7.50. The molecular formula is C15H18Cl2N2O. The molecule has 1 atom stereocenters. The molecule has 0 spiro atoms. The van der Waals surface area contributed by atoms with Crippen molar-refractivity contribution in [2.24, 2.45) is 0 Å². The molecule has 3 nitrogen and oxygen atoms in total. The lowest BCUT2D eigenvalue weighted by Crippen LogP contribution is -2.09. The van der Waals surface area contributed by atoms with E-state index < -0.39 is 6.10 Å². The van der Waals surface area contributed by atoms with Gasteiger partial charge in [-0.1, -0.05) is 42.3 Å². The zero-order valence-electron chi connectivity index (χ0n) is 11.6. The Labute approximate surface area is 129 Å². The number of halogens is 2. The molecule has 5 heteroatoms. The Morgan fingerprint density at radius 3 is 2.70 bits per heavy atom. The smallest absolute Gasteiger partial charge is 0.0860 e. The summed E-state index contributed by atoms with van der Waals surface area (Å²) in [6, 6.07) is 7.34. The molecule has 0 aliphatic carbocycles. The van der Waals surface area contributed by atoms with Crippen LogP contribution in [0.25, 0.3) is 0 Å². The van der Waals surface area contributed by atoms with Crippen molar-refractivity contribution in [3.05, 3.63) is 51.3 Å². The van der Waals surface area contributed by atoms with Crippen LogP contribution in [0.3, 0.4) is 0 Å². The van der Waals surface area contributed by atoms with Crippen LogP contribution in [0.1, 0.15) is 36.9 Å². The Kier molecular flexibility index (Phi) is 5.08. The number of aryl methyl sites for hydroxylation is 2. The molecule has 0 saturated heterocycles. The third-order valence-corrected chi connectivity index (χ3v) is 4.15. The Morgan fingerprint density at radius 2 is 2.05 bits per heavy atom.